The number of rotatable bonds is 0. The van der Waals surface area contributed by atoms with Gasteiger partial charge in [0.1, 0.15) is 0 Å². The first-order valence-corrected chi connectivity index (χ1v) is 12.6. The second-order valence-corrected chi connectivity index (χ2v) is 10.6. The molecule has 0 unspecified atom stereocenters. The first-order chi connectivity index (χ1) is 16.8. The Kier molecular flexibility index (Phi) is 3.02. The van der Waals surface area contributed by atoms with Crippen LogP contribution in [0.3, 0.4) is 0 Å². The van der Waals surface area contributed by atoms with Gasteiger partial charge in [-0.2, -0.15) is 0 Å². The molecule has 0 saturated heterocycles. The number of aromatic nitrogens is 2. The van der Waals surface area contributed by atoms with Gasteiger partial charge in [-0.25, -0.2) is 0 Å². The highest BCUT2D eigenvalue weighted by Crippen LogP contribution is 2.47. The zero-order valence-electron chi connectivity index (χ0n) is 17.8. The molecule has 2 nitrogen and oxygen atoms in total. The lowest BCUT2D eigenvalue weighted by atomic mass is 10.1. The van der Waals surface area contributed by atoms with Gasteiger partial charge in [-0.3, -0.25) is 0 Å². The summed E-state index contributed by atoms with van der Waals surface area (Å²) >= 11 is 8.43. The van der Waals surface area contributed by atoms with Crippen LogP contribution in [0.2, 0.25) is 5.02 Å². The summed E-state index contributed by atoms with van der Waals surface area (Å²) in [6.07, 6.45) is 0. The molecule has 0 bridgehead atoms. The van der Waals surface area contributed by atoms with E-state index in [1.165, 1.54) is 69.3 Å². The van der Waals surface area contributed by atoms with Crippen LogP contribution in [0, 0.1) is 0 Å². The third-order valence-electron chi connectivity index (χ3n) is 7.47. The predicted molar refractivity (Wildman–Crippen MR) is 147 cm³/mol. The van der Waals surface area contributed by atoms with E-state index in [4.69, 9.17) is 11.6 Å². The molecular formula is C30H15ClN2S. The second-order valence-electron chi connectivity index (χ2n) is 9.12. The van der Waals surface area contributed by atoms with Crippen molar-refractivity contribution in [2.75, 3.05) is 0 Å². The van der Waals surface area contributed by atoms with E-state index < -0.39 is 0 Å². The van der Waals surface area contributed by atoms with Crippen LogP contribution < -0.4 is 0 Å². The van der Waals surface area contributed by atoms with E-state index in [1.54, 1.807) is 0 Å². The number of thiophene rings is 1. The Morgan fingerprint density at radius 3 is 2.21 bits per heavy atom. The highest BCUT2D eigenvalue weighted by molar-refractivity contribution is 7.26. The largest absolute Gasteiger partial charge is 0.305 e. The molecule has 0 amide bonds. The Balaban J connectivity index is 1.80. The first kappa shape index (κ1) is 17.7. The van der Waals surface area contributed by atoms with E-state index in [-0.39, 0.29) is 0 Å². The lowest BCUT2D eigenvalue weighted by Crippen LogP contribution is -1.97. The van der Waals surface area contributed by atoms with Crippen LogP contribution in [0.1, 0.15) is 0 Å². The monoisotopic (exact) mass is 470 g/mol. The summed E-state index contributed by atoms with van der Waals surface area (Å²) in [7, 11) is 0. The van der Waals surface area contributed by atoms with E-state index in [9.17, 15) is 0 Å². The van der Waals surface area contributed by atoms with Crippen molar-refractivity contribution in [3.63, 3.8) is 0 Å². The molecule has 9 rings (SSSR count). The van der Waals surface area contributed by atoms with Gasteiger partial charge in [0.25, 0.3) is 0 Å². The van der Waals surface area contributed by atoms with Crippen LogP contribution in [0.15, 0.2) is 91.0 Å². The number of benzene rings is 5. The first-order valence-electron chi connectivity index (χ1n) is 11.4. The fourth-order valence-electron chi connectivity index (χ4n) is 6.21. The molecule has 0 aliphatic carbocycles. The zero-order chi connectivity index (χ0) is 22.1. The standard InChI is InChI=1S/C30H15ClN2S/c31-16-12-13-18-21-15-26-27(20-7-2-4-11-25(20)34-26)30-29(21)32(24(18)14-16)23-10-5-8-19-17-6-1-3-9-22(17)33(30)28(19)23/h1-15H. The lowest BCUT2D eigenvalue weighted by molar-refractivity contribution is 1.26. The molecule has 0 atom stereocenters. The summed E-state index contributed by atoms with van der Waals surface area (Å²) < 4.78 is 7.61. The van der Waals surface area contributed by atoms with E-state index >= 15 is 0 Å². The highest BCUT2D eigenvalue weighted by Gasteiger charge is 2.24. The molecule has 5 aromatic carbocycles. The third-order valence-corrected chi connectivity index (χ3v) is 8.82. The minimum Gasteiger partial charge on any atom is -0.305 e. The second kappa shape index (κ2) is 5.82. The topological polar surface area (TPSA) is 8.82 Å². The highest BCUT2D eigenvalue weighted by atomic mass is 35.5. The van der Waals surface area contributed by atoms with Crippen molar-refractivity contribution in [1.82, 2.24) is 8.80 Å². The van der Waals surface area contributed by atoms with Crippen LogP contribution in [-0.2, 0) is 0 Å². The van der Waals surface area contributed by atoms with Crippen molar-refractivity contribution in [1.29, 1.82) is 0 Å². The minimum atomic E-state index is 0.763. The normalized spacial score (nSPS) is 12.9. The summed E-state index contributed by atoms with van der Waals surface area (Å²) in [4.78, 5) is 0. The molecule has 0 fully saturated rings. The molecule has 4 aromatic heterocycles. The Labute approximate surface area is 202 Å². The van der Waals surface area contributed by atoms with Crippen molar-refractivity contribution in [3.8, 4) is 0 Å². The third kappa shape index (κ3) is 1.89. The summed E-state index contributed by atoms with van der Waals surface area (Å²) in [5.74, 6) is 0. The predicted octanol–water partition coefficient (Wildman–Crippen LogP) is 9.26. The van der Waals surface area contributed by atoms with Crippen LogP contribution in [-0.4, -0.2) is 8.80 Å². The SMILES string of the molecule is Clc1ccc2c3cc4sc5ccccc5c4c4c3n(c2c1)c1cccc2c3ccccc3n4c21. The molecule has 0 saturated carbocycles. The van der Waals surface area contributed by atoms with Gasteiger partial charge >= 0.3 is 0 Å². The Hall–Kier alpha value is -3.79. The molecule has 158 valence electrons. The van der Waals surface area contributed by atoms with Gasteiger partial charge in [0.05, 0.1) is 33.1 Å². The molecule has 4 heterocycles. The maximum atomic E-state index is 6.55. The average molecular weight is 471 g/mol. The molecule has 9 aromatic rings. The number of para-hydroxylation sites is 2. The molecule has 0 aliphatic heterocycles. The van der Waals surface area contributed by atoms with E-state index in [0.717, 1.165) is 10.5 Å². The fraction of sp³-hybridized carbons (Fsp3) is 0. The van der Waals surface area contributed by atoms with Crippen molar-refractivity contribution in [2.24, 2.45) is 0 Å². The van der Waals surface area contributed by atoms with Crippen LogP contribution in [0.5, 0.6) is 0 Å². The molecule has 4 heteroatoms. The van der Waals surface area contributed by atoms with Crippen molar-refractivity contribution in [3.05, 3.63) is 96.0 Å². The fourth-order valence-corrected chi connectivity index (χ4v) is 7.52. The number of halogens is 1. The molecule has 0 radical (unpaired) electrons. The maximum absolute atomic E-state index is 6.55. The summed E-state index contributed by atoms with van der Waals surface area (Å²) in [5.41, 5.74) is 7.43. The van der Waals surface area contributed by atoms with Gasteiger partial charge in [-0.1, -0.05) is 66.2 Å². The van der Waals surface area contributed by atoms with Gasteiger partial charge in [0.15, 0.2) is 0 Å². The van der Waals surface area contributed by atoms with Gasteiger partial charge in [0, 0.05) is 46.7 Å². The van der Waals surface area contributed by atoms with Crippen LogP contribution in [0.25, 0.3) is 74.8 Å². The summed E-state index contributed by atoms with van der Waals surface area (Å²) in [5, 5.41) is 8.51. The molecule has 0 spiro atoms. The summed E-state index contributed by atoms with van der Waals surface area (Å²) in [6.45, 7) is 0. The Bertz CT molecular complexity index is 2300. The molecule has 0 aliphatic rings. The quantitative estimate of drug-likeness (QED) is 0.195. The maximum Gasteiger partial charge on any atom is 0.0803 e. The Morgan fingerprint density at radius 1 is 0.500 bits per heavy atom. The number of fused-ring (bicyclic) bond motifs is 12. The molecule has 0 N–H and O–H groups in total. The molecular weight excluding hydrogens is 456 g/mol. The lowest BCUT2D eigenvalue weighted by Gasteiger charge is -2.13. The smallest absolute Gasteiger partial charge is 0.0803 e. The zero-order valence-corrected chi connectivity index (χ0v) is 19.4. The van der Waals surface area contributed by atoms with Gasteiger partial charge in [0.2, 0.25) is 0 Å². The van der Waals surface area contributed by atoms with Crippen LogP contribution >= 0.6 is 22.9 Å². The number of hydrogen-bond donors (Lipinski definition) is 0. The van der Waals surface area contributed by atoms with E-state index in [2.05, 4.69) is 93.7 Å². The average Bonchev–Trinajstić information content (AvgIpc) is 3.51. The van der Waals surface area contributed by atoms with Crippen molar-refractivity contribution >= 4 is 97.8 Å². The summed E-state index contributed by atoms with van der Waals surface area (Å²) in [6, 6.07) is 33.0. The Morgan fingerprint density at radius 2 is 1.26 bits per heavy atom. The van der Waals surface area contributed by atoms with Gasteiger partial charge < -0.3 is 8.80 Å². The van der Waals surface area contributed by atoms with Crippen molar-refractivity contribution in [2.45, 2.75) is 0 Å². The van der Waals surface area contributed by atoms with E-state index in [0.29, 0.717) is 0 Å². The van der Waals surface area contributed by atoms with E-state index in [1.807, 2.05) is 17.4 Å². The molecule has 34 heavy (non-hydrogen) atoms. The minimum absolute atomic E-state index is 0.763. The van der Waals surface area contributed by atoms with Gasteiger partial charge in [-0.05, 0) is 36.4 Å². The van der Waals surface area contributed by atoms with Crippen LogP contribution in [0.4, 0.5) is 0 Å². The van der Waals surface area contributed by atoms with Crippen molar-refractivity contribution < 1.29 is 0 Å². The number of hydrogen-bond acceptors (Lipinski definition) is 1. The number of nitrogens with zero attached hydrogens (tertiary/aromatic N) is 2. The van der Waals surface area contributed by atoms with Gasteiger partial charge in [-0.15, -0.1) is 11.3 Å².